The van der Waals surface area contributed by atoms with Gasteiger partial charge in [0.1, 0.15) is 5.69 Å². The molecule has 0 unspecified atom stereocenters. The van der Waals surface area contributed by atoms with Crippen LogP contribution in [0, 0.1) is 0 Å². The van der Waals surface area contributed by atoms with Crippen molar-refractivity contribution in [2.24, 2.45) is 0 Å². The Kier molecular flexibility index (Phi) is 4.36. The second kappa shape index (κ2) is 6.95. The van der Waals surface area contributed by atoms with E-state index in [1.807, 2.05) is 54.6 Å². The van der Waals surface area contributed by atoms with Gasteiger partial charge in [-0.2, -0.15) is 0 Å². The molecule has 0 aliphatic rings. The van der Waals surface area contributed by atoms with Crippen molar-refractivity contribution >= 4 is 27.5 Å². The van der Waals surface area contributed by atoms with Gasteiger partial charge < -0.3 is 9.88 Å². The third-order valence-corrected chi connectivity index (χ3v) is 5.09. The summed E-state index contributed by atoms with van der Waals surface area (Å²) in [6.07, 6.45) is 0. The van der Waals surface area contributed by atoms with E-state index in [1.54, 1.807) is 11.3 Å². The van der Waals surface area contributed by atoms with E-state index in [0.29, 0.717) is 18.8 Å². The molecule has 1 N–H and O–H groups in total. The van der Waals surface area contributed by atoms with Crippen molar-refractivity contribution < 1.29 is 4.79 Å². The summed E-state index contributed by atoms with van der Waals surface area (Å²) in [7, 11) is 0. The largest absolute Gasteiger partial charge is 0.347 e. The number of carbonyl (C=O) groups is 1. The summed E-state index contributed by atoms with van der Waals surface area (Å²) in [5, 5.41) is 5.10. The van der Waals surface area contributed by atoms with E-state index in [4.69, 9.17) is 0 Å². The number of nitrogens with zero attached hydrogens (tertiary/aromatic N) is 1. The third-order valence-electron chi connectivity index (χ3n) is 4.23. The van der Waals surface area contributed by atoms with Crippen LogP contribution in [0.3, 0.4) is 0 Å². The molecule has 0 saturated heterocycles. The zero-order valence-corrected chi connectivity index (χ0v) is 14.5. The minimum Gasteiger partial charge on any atom is -0.347 e. The smallest absolute Gasteiger partial charge is 0.268 e. The number of thiophene rings is 1. The van der Waals surface area contributed by atoms with Crippen LogP contribution in [0.4, 0.5) is 0 Å². The summed E-state index contributed by atoms with van der Waals surface area (Å²) in [5.74, 6) is -0.0387. The number of nitrogens with one attached hydrogen (secondary N) is 1. The second-order valence-electron chi connectivity index (χ2n) is 5.94. The minimum absolute atomic E-state index is 0.0387. The SMILES string of the molecule is O=C(NCc1ccccc1)c1cc2sccc2n1Cc1ccccc1. The molecule has 0 bridgehead atoms. The molecule has 0 fully saturated rings. The Morgan fingerprint density at radius 1 is 0.920 bits per heavy atom. The van der Waals surface area contributed by atoms with Gasteiger partial charge in [0.05, 0.1) is 10.2 Å². The van der Waals surface area contributed by atoms with Gasteiger partial charge in [-0.25, -0.2) is 0 Å². The number of hydrogen-bond acceptors (Lipinski definition) is 2. The average Bonchev–Trinajstić information content (AvgIpc) is 3.24. The first-order valence-electron chi connectivity index (χ1n) is 8.24. The first kappa shape index (κ1) is 15.7. The van der Waals surface area contributed by atoms with Crippen LogP contribution in [-0.4, -0.2) is 10.5 Å². The van der Waals surface area contributed by atoms with Crippen LogP contribution in [-0.2, 0) is 13.1 Å². The van der Waals surface area contributed by atoms with E-state index in [9.17, 15) is 4.79 Å². The number of aromatic nitrogens is 1. The van der Waals surface area contributed by atoms with Crippen molar-refractivity contribution in [3.63, 3.8) is 0 Å². The molecule has 0 saturated carbocycles. The van der Waals surface area contributed by atoms with Crippen molar-refractivity contribution in [3.05, 3.63) is 95.0 Å². The van der Waals surface area contributed by atoms with Gasteiger partial charge >= 0.3 is 0 Å². The first-order valence-corrected chi connectivity index (χ1v) is 9.12. The third kappa shape index (κ3) is 3.35. The maximum absolute atomic E-state index is 12.8. The number of rotatable bonds is 5. The lowest BCUT2D eigenvalue weighted by Gasteiger charge is -2.11. The molecule has 4 heteroatoms. The molecule has 1 amide bonds. The highest BCUT2D eigenvalue weighted by molar-refractivity contribution is 7.17. The Morgan fingerprint density at radius 3 is 2.32 bits per heavy atom. The Bertz CT molecular complexity index is 987. The van der Waals surface area contributed by atoms with Gasteiger partial charge in [-0.3, -0.25) is 4.79 Å². The molecule has 2 heterocycles. The molecule has 0 atom stereocenters. The standard InChI is InChI=1S/C21H18N2OS/c24-21(22-14-16-7-3-1-4-8-16)19-13-20-18(11-12-25-20)23(19)15-17-9-5-2-6-10-17/h1-13H,14-15H2,(H,22,24). The van der Waals surface area contributed by atoms with E-state index in [-0.39, 0.29) is 5.91 Å². The molecule has 124 valence electrons. The van der Waals surface area contributed by atoms with Gasteiger partial charge in [0.25, 0.3) is 5.91 Å². The molecule has 0 aliphatic carbocycles. The van der Waals surface area contributed by atoms with Crippen LogP contribution >= 0.6 is 11.3 Å². The number of fused-ring (bicyclic) bond motifs is 1. The molecule has 2 aromatic carbocycles. The maximum atomic E-state index is 12.8. The van der Waals surface area contributed by atoms with Crippen LogP contribution in [0.1, 0.15) is 21.6 Å². The van der Waals surface area contributed by atoms with Gasteiger partial charge in [0.2, 0.25) is 0 Å². The summed E-state index contributed by atoms with van der Waals surface area (Å²) in [4.78, 5) is 12.8. The lowest BCUT2D eigenvalue weighted by Crippen LogP contribution is -2.25. The molecule has 2 aromatic heterocycles. The fourth-order valence-corrected chi connectivity index (χ4v) is 3.79. The van der Waals surface area contributed by atoms with Crippen molar-refractivity contribution in [3.8, 4) is 0 Å². The predicted molar refractivity (Wildman–Crippen MR) is 103 cm³/mol. The monoisotopic (exact) mass is 346 g/mol. The van der Waals surface area contributed by atoms with E-state index < -0.39 is 0 Å². The highest BCUT2D eigenvalue weighted by atomic mass is 32.1. The fourth-order valence-electron chi connectivity index (χ4n) is 2.97. The number of amides is 1. The van der Waals surface area contributed by atoms with Crippen LogP contribution in [0.5, 0.6) is 0 Å². The van der Waals surface area contributed by atoms with Crippen molar-refractivity contribution in [1.82, 2.24) is 9.88 Å². The van der Waals surface area contributed by atoms with Gasteiger partial charge in [0.15, 0.2) is 0 Å². The average molecular weight is 346 g/mol. The van der Waals surface area contributed by atoms with Gasteiger partial charge in [-0.15, -0.1) is 11.3 Å². The second-order valence-corrected chi connectivity index (χ2v) is 6.89. The molecule has 0 spiro atoms. The number of hydrogen-bond donors (Lipinski definition) is 1. The van der Waals surface area contributed by atoms with Crippen LogP contribution < -0.4 is 5.32 Å². The van der Waals surface area contributed by atoms with Crippen LogP contribution in [0.15, 0.2) is 78.2 Å². The Morgan fingerprint density at radius 2 is 1.60 bits per heavy atom. The summed E-state index contributed by atoms with van der Waals surface area (Å²) in [6, 6.07) is 24.3. The predicted octanol–water partition coefficient (Wildman–Crippen LogP) is 4.68. The Hall–Kier alpha value is -2.85. The zero-order valence-electron chi connectivity index (χ0n) is 13.7. The topological polar surface area (TPSA) is 34.0 Å². The Balaban J connectivity index is 1.61. The van der Waals surface area contributed by atoms with Gasteiger partial charge in [-0.05, 0) is 28.6 Å². The number of carbonyl (C=O) groups excluding carboxylic acids is 1. The normalized spacial score (nSPS) is 10.9. The zero-order chi connectivity index (χ0) is 17.1. The summed E-state index contributed by atoms with van der Waals surface area (Å²) in [6.45, 7) is 1.22. The molecule has 0 aliphatic heterocycles. The van der Waals surface area contributed by atoms with E-state index in [1.165, 1.54) is 5.56 Å². The van der Waals surface area contributed by atoms with Crippen molar-refractivity contribution in [2.75, 3.05) is 0 Å². The molecule has 3 nitrogen and oxygen atoms in total. The molecular weight excluding hydrogens is 328 g/mol. The summed E-state index contributed by atoms with van der Waals surface area (Å²) in [5.41, 5.74) is 4.10. The lowest BCUT2D eigenvalue weighted by atomic mass is 10.2. The molecule has 0 radical (unpaired) electrons. The molecule has 25 heavy (non-hydrogen) atoms. The fraction of sp³-hybridized carbons (Fsp3) is 0.0952. The summed E-state index contributed by atoms with van der Waals surface area (Å²) >= 11 is 1.66. The highest BCUT2D eigenvalue weighted by Gasteiger charge is 2.16. The minimum atomic E-state index is -0.0387. The van der Waals surface area contributed by atoms with E-state index >= 15 is 0 Å². The highest BCUT2D eigenvalue weighted by Crippen LogP contribution is 2.26. The van der Waals surface area contributed by atoms with Crippen LogP contribution in [0.2, 0.25) is 0 Å². The van der Waals surface area contributed by atoms with Crippen molar-refractivity contribution in [2.45, 2.75) is 13.1 Å². The maximum Gasteiger partial charge on any atom is 0.268 e. The first-order chi connectivity index (χ1) is 12.3. The van der Waals surface area contributed by atoms with E-state index in [0.717, 1.165) is 15.8 Å². The molecular formula is C21H18N2OS. The molecule has 4 rings (SSSR count). The lowest BCUT2D eigenvalue weighted by molar-refractivity contribution is 0.0942. The van der Waals surface area contributed by atoms with Gasteiger partial charge in [0, 0.05) is 13.1 Å². The van der Waals surface area contributed by atoms with Gasteiger partial charge in [-0.1, -0.05) is 60.7 Å². The van der Waals surface area contributed by atoms with E-state index in [2.05, 4.69) is 33.5 Å². The quantitative estimate of drug-likeness (QED) is 0.559. The van der Waals surface area contributed by atoms with Crippen molar-refractivity contribution in [1.29, 1.82) is 0 Å². The van der Waals surface area contributed by atoms with Crippen LogP contribution in [0.25, 0.3) is 10.2 Å². The summed E-state index contributed by atoms with van der Waals surface area (Å²) < 4.78 is 3.24. The Labute approximate surface area is 150 Å². The molecule has 4 aromatic rings. The number of benzene rings is 2.